The Bertz CT molecular complexity index is 991. The van der Waals surface area contributed by atoms with E-state index in [2.05, 4.69) is 33.1 Å². The molecule has 1 saturated heterocycles. The number of anilines is 2. The molecule has 0 radical (unpaired) electrons. The van der Waals surface area contributed by atoms with E-state index < -0.39 is 0 Å². The summed E-state index contributed by atoms with van der Waals surface area (Å²) in [4.78, 5) is 38.2. The van der Waals surface area contributed by atoms with Gasteiger partial charge in [0.1, 0.15) is 5.75 Å². The van der Waals surface area contributed by atoms with Crippen LogP contribution in [-0.2, 0) is 14.4 Å². The number of aryl methyl sites for hydroxylation is 1. The van der Waals surface area contributed by atoms with Crippen molar-refractivity contribution >= 4 is 45.0 Å². The fourth-order valence-corrected chi connectivity index (χ4v) is 3.75. The molecule has 0 spiro atoms. The average Bonchev–Trinajstić information content (AvgIpc) is 3.14. The van der Waals surface area contributed by atoms with Crippen LogP contribution in [0.1, 0.15) is 12.0 Å². The lowest BCUT2D eigenvalue weighted by molar-refractivity contribution is -0.126. The van der Waals surface area contributed by atoms with Gasteiger partial charge in [0.15, 0.2) is 6.61 Å². The third-order valence-corrected chi connectivity index (χ3v) is 5.39. The minimum Gasteiger partial charge on any atom is -0.484 e. The molecule has 2 N–H and O–H groups in total. The van der Waals surface area contributed by atoms with Crippen molar-refractivity contribution in [1.29, 1.82) is 0 Å². The lowest BCUT2D eigenvalue weighted by Gasteiger charge is -2.17. The molecule has 0 bridgehead atoms. The van der Waals surface area contributed by atoms with E-state index in [1.54, 1.807) is 35.2 Å². The third kappa shape index (κ3) is 5.95. The molecule has 3 amide bonds. The number of nitrogens with one attached hydrogen (secondary N) is 2. The maximum absolute atomic E-state index is 12.3. The Morgan fingerprint density at radius 3 is 2.68 bits per heavy atom. The van der Waals surface area contributed by atoms with Gasteiger partial charge in [-0.05, 0) is 55.0 Å². The zero-order valence-corrected chi connectivity index (χ0v) is 18.8. The minimum atomic E-state index is -0.380. The summed E-state index contributed by atoms with van der Waals surface area (Å²) < 4.78 is 6.50. The molecule has 0 unspecified atom stereocenters. The van der Waals surface area contributed by atoms with Gasteiger partial charge in [-0.2, -0.15) is 0 Å². The highest BCUT2D eigenvalue weighted by atomic mass is 79.9. The van der Waals surface area contributed by atoms with E-state index in [0.717, 1.165) is 15.7 Å². The van der Waals surface area contributed by atoms with E-state index in [1.165, 1.54) is 0 Å². The number of halogens is 1. The molecule has 1 aliphatic heterocycles. The molecule has 2 aromatic carbocycles. The molecule has 7 nitrogen and oxygen atoms in total. The van der Waals surface area contributed by atoms with E-state index in [1.807, 2.05) is 25.1 Å². The first-order valence-corrected chi connectivity index (χ1v) is 10.6. The highest BCUT2D eigenvalue weighted by Gasteiger charge is 2.34. The van der Waals surface area contributed by atoms with Gasteiger partial charge in [0, 0.05) is 35.4 Å². The van der Waals surface area contributed by atoms with Crippen LogP contribution in [0.15, 0.2) is 59.6 Å². The number of hydrogen-bond acceptors (Lipinski definition) is 4. The number of rotatable bonds is 8. The van der Waals surface area contributed by atoms with Gasteiger partial charge in [0.2, 0.25) is 11.8 Å². The Kier molecular flexibility index (Phi) is 7.46. The maximum Gasteiger partial charge on any atom is 0.262 e. The normalized spacial score (nSPS) is 15.5. The Hall–Kier alpha value is -3.13. The van der Waals surface area contributed by atoms with Gasteiger partial charge in [-0.1, -0.05) is 22.0 Å². The van der Waals surface area contributed by atoms with E-state index in [4.69, 9.17) is 4.74 Å². The van der Waals surface area contributed by atoms with Crippen molar-refractivity contribution in [3.63, 3.8) is 0 Å². The first kappa shape index (κ1) is 22.6. The van der Waals surface area contributed by atoms with Gasteiger partial charge >= 0.3 is 0 Å². The van der Waals surface area contributed by atoms with Gasteiger partial charge in [0.25, 0.3) is 5.91 Å². The molecule has 162 valence electrons. The summed E-state index contributed by atoms with van der Waals surface area (Å²) in [5, 5.41) is 5.55. The van der Waals surface area contributed by atoms with Gasteiger partial charge in [-0.3, -0.25) is 14.4 Å². The summed E-state index contributed by atoms with van der Waals surface area (Å²) in [5.74, 6) is -0.385. The SMILES string of the molecule is C=CCNC(=O)[C@H]1CC(=O)N(c2ccc(OCC(=O)Nc3ccc(Br)cc3C)cc2)C1. The Labute approximate surface area is 189 Å². The van der Waals surface area contributed by atoms with E-state index in [0.29, 0.717) is 24.5 Å². The van der Waals surface area contributed by atoms with Crippen LogP contribution in [0.3, 0.4) is 0 Å². The largest absolute Gasteiger partial charge is 0.484 e. The van der Waals surface area contributed by atoms with Gasteiger partial charge in [-0.25, -0.2) is 0 Å². The molecule has 31 heavy (non-hydrogen) atoms. The van der Waals surface area contributed by atoms with E-state index >= 15 is 0 Å². The fraction of sp³-hybridized carbons (Fsp3) is 0.261. The quantitative estimate of drug-likeness (QED) is 0.560. The number of ether oxygens (including phenoxy) is 1. The van der Waals surface area contributed by atoms with Crippen molar-refractivity contribution in [2.75, 3.05) is 29.9 Å². The molecule has 1 aliphatic rings. The lowest BCUT2D eigenvalue weighted by Crippen LogP contribution is -2.32. The van der Waals surface area contributed by atoms with Crippen LogP contribution in [0.5, 0.6) is 5.75 Å². The van der Waals surface area contributed by atoms with Crippen LogP contribution in [-0.4, -0.2) is 37.4 Å². The number of nitrogens with zero attached hydrogens (tertiary/aromatic N) is 1. The number of hydrogen-bond donors (Lipinski definition) is 2. The molecule has 0 aromatic heterocycles. The van der Waals surface area contributed by atoms with Crippen molar-refractivity contribution in [2.24, 2.45) is 5.92 Å². The second kappa shape index (κ2) is 10.3. The average molecular weight is 486 g/mol. The van der Waals surface area contributed by atoms with Crippen molar-refractivity contribution < 1.29 is 19.1 Å². The van der Waals surface area contributed by atoms with Crippen LogP contribution in [0.4, 0.5) is 11.4 Å². The summed E-state index contributed by atoms with van der Waals surface area (Å²) in [7, 11) is 0. The van der Waals surface area contributed by atoms with Crippen LogP contribution in [0.2, 0.25) is 0 Å². The molecule has 3 rings (SSSR count). The molecule has 2 aromatic rings. The second-order valence-electron chi connectivity index (χ2n) is 7.23. The summed E-state index contributed by atoms with van der Waals surface area (Å²) in [5.41, 5.74) is 2.36. The topological polar surface area (TPSA) is 87.7 Å². The highest BCUT2D eigenvalue weighted by molar-refractivity contribution is 9.10. The van der Waals surface area contributed by atoms with Gasteiger partial charge in [0.05, 0.1) is 5.92 Å². The molecule has 0 aliphatic carbocycles. The molecular weight excluding hydrogens is 462 g/mol. The summed E-state index contributed by atoms with van der Waals surface area (Å²) in [6, 6.07) is 12.5. The van der Waals surface area contributed by atoms with Crippen LogP contribution in [0.25, 0.3) is 0 Å². The number of carbonyl (C=O) groups excluding carboxylic acids is 3. The van der Waals surface area contributed by atoms with Crippen LogP contribution in [0, 0.1) is 12.8 Å². The van der Waals surface area contributed by atoms with E-state index in [-0.39, 0.29) is 36.7 Å². The van der Waals surface area contributed by atoms with Gasteiger partial charge < -0.3 is 20.3 Å². The summed E-state index contributed by atoms with van der Waals surface area (Å²) >= 11 is 3.39. The standard InChI is InChI=1S/C23H24BrN3O4/c1-3-10-25-23(30)16-12-22(29)27(13-16)18-5-7-19(8-6-18)31-14-21(28)26-20-9-4-17(24)11-15(20)2/h3-9,11,16H,1,10,12-14H2,2H3,(H,25,30)(H,26,28)/t16-/m0/s1. The predicted octanol–water partition coefficient (Wildman–Crippen LogP) is 3.43. The smallest absolute Gasteiger partial charge is 0.262 e. The van der Waals surface area contributed by atoms with Crippen molar-refractivity contribution in [1.82, 2.24) is 5.32 Å². The zero-order chi connectivity index (χ0) is 22.4. The molecule has 1 atom stereocenters. The monoisotopic (exact) mass is 485 g/mol. The van der Waals surface area contributed by atoms with Crippen molar-refractivity contribution in [3.05, 3.63) is 65.2 Å². The molecule has 1 fully saturated rings. The molecule has 0 saturated carbocycles. The van der Waals surface area contributed by atoms with Crippen LogP contribution < -0.4 is 20.3 Å². The third-order valence-electron chi connectivity index (χ3n) is 4.90. The first-order valence-electron chi connectivity index (χ1n) is 9.85. The van der Waals surface area contributed by atoms with Crippen molar-refractivity contribution in [2.45, 2.75) is 13.3 Å². The summed E-state index contributed by atoms with van der Waals surface area (Å²) in [6.07, 6.45) is 1.78. The Morgan fingerprint density at radius 1 is 1.26 bits per heavy atom. The number of amides is 3. The maximum atomic E-state index is 12.3. The minimum absolute atomic E-state index is 0.100. The predicted molar refractivity (Wildman–Crippen MR) is 123 cm³/mol. The first-order chi connectivity index (χ1) is 14.9. The van der Waals surface area contributed by atoms with E-state index in [9.17, 15) is 14.4 Å². The van der Waals surface area contributed by atoms with Crippen molar-refractivity contribution in [3.8, 4) is 5.75 Å². The fourth-order valence-electron chi connectivity index (χ4n) is 3.27. The Morgan fingerprint density at radius 2 is 2.00 bits per heavy atom. The molecular formula is C23H24BrN3O4. The lowest BCUT2D eigenvalue weighted by atomic mass is 10.1. The van der Waals surface area contributed by atoms with Crippen LogP contribution >= 0.6 is 15.9 Å². The highest BCUT2D eigenvalue weighted by Crippen LogP contribution is 2.27. The number of benzene rings is 2. The molecule has 1 heterocycles. The Balaban J connectivity index is 1.53. The molecule has 8 heteroatoms. The second-order valence-corrected chi connectivity index (χ2v) is 8.14. The zero-order valence-electron chi connectivity index (χ0n) is 17.2. The number of carbonyl (C=O) groups is 3. The van der Waals surface area contributed by atoms with Gasteiger partial charge in [-0.15, -0.1) is 6.58 Å². The summed E-state index contributed by atoms with van der Waals surface area (Å²) in [6.45, 7) is 6.05.